The molecule has 0 radical (unpaired) electrons. The van der Waals surface area contributed by atoms with Crippen molar-refractivity contribution in [2.75, 3.05) is 18.0 Å². The summed E-state index contributed by atoms with van der Waals surface area (Å²) < 4.78 is 33.9. The minimum Gasteiger partial charge on any atom is -0.495 e. The fraction of sp³-hybridized carbons (Fsp3) is 0.333. The summed E-state index contributed by atoms with van der Waals surface area (Å²) in [5.74, 6) is -0.126. The van der Waals surface area contributed by atoms with Crippen molar-refractivity contribution >= 4 is 21.6 Å². The van der Waals surface area contributed by atoms with Crippen LogP contribution in [0.4, 0.5) is 5.69 Å². The summed E-state index contributed by atoms with van der Waals surface area (Å²) in [7, 11) is -2.63. The number of hydrogen-bond acceptors (Lipinski definition) is 5. The van der Waals surface area contributed by atoms with E-state index in [0.717, 1.165) is 4.31 Å². The Morgan fingerprint density at radius 1 is 1.21 bits per heavy atom. The van der Waals surface area contributed by atoms with Gasteiger partial charge in [0.25, 0.3) is 10.0 Å². The number of methoxy groups -OCH3 is 1. The fourth-order valence-electron chi connectivity index (χ4n) is 3.05. The summed E-state index contributed by atoms with van der Waals surface area (Å²) in [6.07, 6.45) is 0.378. The highest BCUT2D eigenvalue weighted by Gasteiger charge is 2.37. The molecule has 8 heteroatoms. The third-order valence-corrected chi connectivity index (χ3v) is 6.44. The number of nitriles is 1. The highest BCUT2D eigenvalue weighted by molar-refractivity contribution is 7.93. The van der Waals surface area contributed by atoms with Gasteiger partial charge in [0.1, 0.15) is 11.8 Å². The fourth-order valence-corrected chi connectivity index (χ4v) is 4.97. The number of sulfonamides is 1. The van der Waals surface area contributed by atoms with Crippen LogP contribution in [0.1, 0.15) is 25.3 Å². The zero-order valence-corrected chi connectivity index (χ0v) is 17.6. The Morgan fingerprint density at radius 2 is 1.86 bits per heavy atom. The Bertz CT molecular complexity index is 999. The van der Waals surface area contributed by atoms with Crippen LogP contribution < -0.4 is 14.4 Å². The molecule has 0 fully saturated rings. The molecule has 0 aliphatic carbocycles. The van der Waals surface area contributed by atoms with Crippen LogP contribution in [-0.4, -0.2) is 34.0 Å². The number of nitrogens with zero attached hydrogens (tertiary/aromatic N) is 2. The Labute approximate surface area is 172 Å². The lowest BCUT2D eigenvalue weighted by Gasteiger charge is -2.32. The van der Waals surface area contributed by atoms with Gasteiger partial charge < -0.3 is 10.1 Å². The summed E-state index contributed by atoms with van der Waals surface area (Å²) in [5, 5.41) is 11.4. The minimum atomic E-state index is -4.08. The van der Waals surface area contributed by atoms with Crippen LogP contribution in [0.2, 0.25) is 0 Å². The van der Waals surface area contributed by atoms with Crippen LogP contribution in [0.3, 0.4) is 0 Å². The molecule has 0 aliphatic rings. The molecule has 0 saturated heterocycles. The topological polar surface area (TPSA) is 99.5 Å². The summed E-state index contributed by atoms with van der Waals surface area (Å²) in [4.78, 5) is 13.0. The number of para-hydroxylation sites is 2. The zero-order valence-electron chi connectivity index (χ0n) is 16.8. The predicted octanol–water partition coefficient (Wildman–Crippen LogP) is 3.01. The van der Waals surface area contributed by atoms with Gasteiger partial charge in [0.15, 0.2) is 0 Å². The number of anilines is 1. The molecule has 2 rings (SSSR count). The first-order valence-corrected chi connectivity index (χ1v) is 10.7. The van der Waals surface area contributed by atoms with Crippen LogP contribution in [-0.2, 0) is 14.8 Å². The van der Waals surface area contributed by atoms with E-state index in [0.29, 0.717) is 11.3 Å². The van der Waals surface area contributed by atoms with Gasteiger partial charge in [0.2, 0.25) is 5.91 Å². The molecule has 7 nitrogen and oxygen atoms in total. The Kier molecular flexibility index (Phi) is 7.62. The van der Waals surface area contributed by atoms with E-state index < -0.39 is 22.0 Å². The van der Waals surface area contributed by atoms with Gasteiger partial charge in [-0.25, -0.2) is 8.42 Å². The Hall–Kier alpha value is -3.05. The summed E-state index contributed by atoms with van der Waals surface area (Å²) in [6, 6.07) is 14.3. The molecule has 1 atom stereocenters. The molecule has 0 bridgehead atoms. The van der Waals surface area contributed by atoms with Gasteiger partial charge in [-0.15, -0.1) is 0 Å². The second-order valence-corrected chi connectivity index (χ2v) is 8.14. The zero-order chi connectivity index (χ0) is 21.4. The lowest BCUT2D eigenvalue weighted by Crippen LogP contribution is -2.50. The maximum Gasteiger partial charge on any atom is 0.265 e. The van der Waals surface area contributed by atoms with E-state index >= 15 is 0 Å². The molecule has 154 valence electrons. The molecule has 29 heavy (non-hydrogen) atoms. The normalized spacial score (nSPS) is 11.9. The number of aryl methyl sites for hydroxylation is 1. The Balaban J connectivity index is 2.64. The van der Waals surface area contributed by atoms with Crippen LogP contribution in [0, 0.1) is 18.3 Å². The third-order valence-electron chi connectivity index (χ3n) is 4.46. The van der Waals surface area contributed by atoms with Gasteiger partial charge in [-0.3, -0.25) is 9.10 Å². The van der Waals surface area contributed by atoms with Crippen molar-refractivity contribution in [1.29, 1.82) is 5.26 Å². The van der Waals surface area contributed by atoms with E-state index in [1.807, 2.05) is 6.07 Å². The van der Waals surface area contributed by atoms with E-state index in [-0.39, 0.29) is 30.0 Å². The van der Waals surface area contributed by atoms with E-state index in [2.05, 4.69) is 5.32 Å². The molecule has 2 aromatic rings. The molecular formula is C21H25N3O4S. The van der Waals surface area contributed by atoms with Crippen molar-refractivity contribution in [3.05, 3.63) is 54.1 Å². The molecule has 0 aromatic heterocycles. The first kappa shape index (κ1) is 22.2. The molecule has 2 aromatic carbocycles. The quantitative estimate of drug-likeness (QED) is 0.635. The van der Waals surface area contributed by atoms with Gasteiger partial charge in [-0.2, -0.15) is 5.26 Å². The average Bonchev–Trinajstić information content (AvgIpc) is 2.72. The number of nitrogens with one attached hydrogen (secondary N) is 1. The average molecular weight is 416 g/mol. The largest absolute Gasteiger partial charge is 0.495 e. The van der Waals surface area contributed by atoms with Crippen molar-refractivity contribution in [2.45, 2.75) is 37.6 Å². The molecule has 0 saturated carbocycles. The number of amides is 1. The number of benzene rings is 2. The molecule has 0 spiro atoms. The first-order valence-electron chi connectivity index (χ1n) is 9.26. The van der Waals surface area contributed by atoms with Gasteiger partial charge >= 0.3 is 0 Å². The maximum absolute atomic E-state index is 13.7. The number of rotatable bonds is 9. The van der Waals surface area contributed by atoms with Crippen molar-refractivity contribution in [1.82, 2.24) is 5.32 Å². The summed E-state index contributed by atoms with van der Waals surface area (Å²) in [6.45, 7) is 3.60. The number of ether oxygens (including phenoxy) is 1. The Morgan fingerprint density at radius 3 is 2.48 bits per heavy atom. The van der Waals surface area contributed by atoms with Crippen LogP contribution in [0.5, 0.6) is 5.75 Å². The van der Waals surface area contributed by atoms with Crippen LogP contribution >= 0.6 is 0 Å². The van der Waals surface area contributed by atoms with Crippen LogP contribution in [0.15, 0.2) is 53.4 Å². The number of carbonyl (C=O) groups is 1. The lowest BCUT2D eigenvalue weighted by molar-refractivity contribution is -0.122. The molecule has 0 aliphatic heterocycles. The van der Waals surface area contributed by atoms with Crippen molar-refractivity contribution in [2.24, 2.45) is 0 Å². The van der Waals surface area contributed by atoms with E-state index in [9.17, 15) is 13.2 Å². The van der Waals surface area contributed by atoms with E-state index in [1.54, 1.807) is 56.3 Å². The molecule has 1 unspecified atom stereocenters. The molecule has 1 amide bonds. The third kappa shape index (κ3) is 4.87. The van der Waals surface area contributed by atoms with Gasteiger partial charge in [-0.1, -0.05) is 37.3 Å². The predicted molar refractivity (Wildman–Crippen MR) is 111 cm³/mol. The van der Waals surface area contributed by atoms with E-state index in [1.165, 1.54) is 13.2 Å². The van der Waals surface area contributed by atoms with Crippen LogP contribution in [0.25, 0.3) is 0 Å². The second kappa shape index (κ2) is 9.94. The van der Waals surface area contributed by atoms with Crippen molar-refractivity contribution in [3.63, 3.8) is 0 Å². The first-order chi connectivity index (χ1) is 13.9. The van der Waals surface area contributed by atoms with Gasteiger partial charge in [-0.05, 0) is 37.1 Å². The smallest absolute Gasteiger partial charge is 0.265 e. The highest BCUT2D eigenvalue weighted by atomic mass is 32.2. The number of carbonyl (C=O) groups excluding carboxylic acids is 1. The molecule has 0 heterocycles. The number of hydrogen-bond donors (Lipinski definition) is 1. The summed E-state index contributed by atoms with van der Waals surface area (Å²) >= 11 is 0. The standard InChI is InChI=1S/C21H25N3O4S/c1-4-17(21(25)23-15-9-14-22)24(18-11-6-7-12-19(18)28-3)29(26,27)20-13-8-5-10-16(20)2/h5-8,10-13,17H,4,9,15H2,1-3H3,(H,23,25). The van der Waals surface area contributed by atoms with Crippen molar-refractivity contribution in [3.8, 4) is 11.8 Å². The van der Waals surface area contributed by atoms with Gasteiger partial charge in [0.05, 0.1) is 30.2 Å². The second-order valence-electron chi connectivity index (χ2n) is 6.36. The van der Waals surface area contributed by atoms with Gasteiger partial charge in [0, 0.05) is 6.54 Å². The SMILES string of the molecule is CCC(C(=O)NCCC#N)N(c1ccccc1OC)S(=O)(=O)c1ccccc1C. The van der Waals surface area contributed by atoms with E-state index in [4.69, 9.17) is 10.00 Å². The highest BCUT2D eigenvalue weighted by Crippen LogP contribution is 2.35. The monoisotopic (exact) mass is 415 g/mol. The molecule has 1 N–H and O–H groups in total. The van der Waals surface area contributed by atoms with Crippen molar-refractivity contribution < 1.29 is 17.9 Å². The maximum atomic E-state index is 13.7. The lowest BCUT2D eigenvalue weighted by atomic mass is 10.2. The minimum absolute atomic E-state index is 0.120. The molecular weight excluding hydrogens is 390 g/mol. The summed E-state index contributed by atoms with van der Waals surface area (Å²) in [5.41, 5.74) is 0.854.